The number of nitrogens with one attached hydrogen (secondary N) is 1. The van der Waals surface area contributed by atoms with Crippen molar-refractivity contribution >= 4 is 17.2 Å². The highest BCUT2D eigenvalue weighted by Gasteiger charge is 2.13. The predicted molar refractivity (Wildman–Crippen MR) is 112 cm³/mol. The Morgan fingerprint density at radius 1 is 1.24 bits per heavy atom. The number of anilines is 3. The van der Waals surface area contributed by atoms with Crippen molar-refractivity contribution in [3.8, 4) is 23.1 Å². The van der Waals surface area contributed by atoms with Crippen molar-refractivity contribution in [2.24, 2.45) is 0 Å². The van der Waals surface area contributed by atoms with Crippen LogP contribution in [0.3, 0.4) is 0 Å². The summed E-state index contributed by atoms with van der Waals surface area (Å²) in [4.78, 5) is 4.39. The van der Waals surface area contributed by atoms with E-state index >= 15 is 0 Å². The molecule has 3 aromatic rings. The Morgan fingerprint density at radius 2 is 2.00 bits per heavy atom. The number of benzene rings is 1. The van der Waals surface area contributed by atoms with Crippen LogP contribution in [0.4, 0.5) is 17.2 Å². The monoisotopic (exact) mass is 392 g/mol. The van der Waals surface area contributed by atoms with Crippen LogP contribution in [0, 0.1) is 11.3 Å². The van der Waals surface area contributed by atoms with Crippen LogP contribution >= 0.6 is 0 Å². The molecule has 0 aliphatic carbocycles. The summed E-state index contributed by atoms with van der Waals surface area (Å²) in [7, 11) is 1.67. The maximum Gasteiger partial charge on any atom is 0.236 e. The van der Waals surface area contributed by atoms with Gasteiger partial charge in [0.1, 0.15) is 17.5 Å². The summed E-state index contributed by atoms with van der Waals surface area (Å²) in [6.07, 6.45) is 3.70. The van der Waals surface area contributed by atoms with Gasteiger partial charge in [-0.05, 0) is 31.5 Å². The van der Waals surface area contributed by atoms with Crippen molar-refractivity contribution in [2.45, 2.75) is 26.5 Å². The largest absolute Gasteiger partial charge is 0.474 e. The van der Waals surface area contributed by atoms with Gasteiger partial charge < -0.3 is 20.5 Å². The molecule has 3 rings (SSSR count). The Hall–Kier alpha value is -3.57. The quantitative estimate of drug-likeness (QED) is 0.603. The van der Waals surface area contributed by atoms with Crippen LogP contribution in [0.5, 0.6) is 5.88 Å². The molecule has 8 heteroatoms. The minimum absolute atomic E-state index is 0.117. The minimum Gasteiger partial charge on any atom is -0.474 e. The lowest BCUT2D eigenvalue weighted by Crippen LogP contribution is -2.10. The highest BCUT2D eigenvalue weighted by molar-refractivity contribution is 5.70. The Bertz CT molecular complexity index is 1010. The summed E-state index contributed by atoms with van der Waals surface area (Å²) < 4.78 is 12.6. The molecule has 0 radical (unpaired) electrons. The molecule has 0 spiro atoms. The lowest BCUT2D eigenvalue weighted by atomic mass is 10.1. The molecule has 0 saturated carbocycles. The van der Waals surface area contributed by atoms with Gasteiger partial charge in [-0.3, -0.25) is 4.68 Å². The van der Waals surface area contributed by atoms with Crippen molar-refractivity contribution in [1.29, 1.82) is 5.26 Å². The molecule has 0 aliphatic rings. The zero-order valence-electron chi connectivity index (χ0n) is 16.7. The smallest absolute Gasteiger partial charge is 0.236 e. The molecule has 150 valence electrons. The second-order valence-electron chi connectivity index (χ2n) is 6.74. The van der Waals surface area contributed by atoms with E-state index in [0.717, 1.165) is 16.8 Å². The second-order valence-corrected chi connectivity index (χ2v) is 6.74. The van der Waals surface area contributed by atoms with Crippen molar-refractivity contribution < 1.29 is 9.47 Å². The SMILES string of the molecule is COCCn1cc(-c2ccc(Nc3cc(N)c(C#N)c(OC(C)C)n3)cc2)cn1. The molecule has 0 bridgehead atoms. The molecule has 0 unspecified atom stereocenters. The number of hydrogen-bond acceptors (Lipinski definition) is 7. The fourth-order valence-electron chi connectivity index (χ4n) is 2.74. The predicted octanol–water partition coefficient (Wildman–Crippen LogP) is 3.58. The van der Waals surface area contributed by atoms with Gasteiger partial charge in [0.25, 0.3) is 0 Å². The number of nitriles is 1. The Labute approximate surface area is 169 Å². The maximum absolute atomic E-state index is 9.30. The van der Waals surface area contributed by atoms with Crippen LogP contribution in [-0.4, -0.2) is 34.6 Å². The maximum atomic E-state index is 9.30. The molecule has 1 aromatic carbocycles. The Morgan fingerprint density at radius 3 is 2.66 bits per heavy atom. The van der Waals surface area contributed by atoms with Gasteiger partial charge in [-0.2, -0.15) is 15.3 Å². The molecular formula is C21H24N6O2. The number of ether oxygens (including phenoxy) is 2. The van der Waals surface area contributed by atoms with E-state index in [2.05, 4.69) is 15.4 Å². The number of pyridine rings is 1. The lowest BCUT2D eigenvalue weighted by Gasteiger charge is -2.14. The summed E-state index contributed by atoms with van der Waals surface area (Å²) in [5.74, 6) is 0.738. The van der Waals surface area contributed by atoms with Crippen LogP contribution in [0.2, 0.25) is 0 Å². The van der Waals surface area contributed by atoms with Gasteiger partial charge in [-0.15, -0.1) is 0 Å². The van der Waals surface area contributed by atoms with Gasteiger partial charge in [-0.25, -0.2) is 0 Å². The minimum atomic E-state index is -0.117. The molecule has 0 fully saturated rings. The first-order chi connectivity index (χ1) is 14.0. The number of nitrogen functional groups attached to an aromatic ring is 1. The van der Waals surface area contributed by atoms with Crippen LogP contribution in [0.25, 0.3) is 11.1 Å². The average molecular weight is 392 g/mol. The van der Waals surface area contributed by atoms with Crippen LogP contribution in [-0.2, 0) is 11.3 Å². The van der Waals surface area contributed by atoms with Crippen LogP contribution in [0.1, 0.15) is 19.4 Å². The number of hydrogen-bond donors (Lipinski definition) is 2. The summed E-state index contributed by atoms with van der Waals surface area (Å²) in [6, 6.07) is 11.6. The Kier molecular flexibility index (Phi) is 6.32. The highest BCUT2D eigenvalue weighted by atomic mass is 16.5. The normalized spacial score (nSPS) is 10.7. The molecule has 0 saturated heterocycles. The van der Waals surface area contributed by atoms with E-state index in [1.54, 1.807) is 13.2 Å². The van der Waals surface area contributed by atoms with Crippen molar-refractivity contribution in [1.82, 2.24) is 14.8 Å². The van der Waals surface area contributed by atoms with E-state index in [-0.39, 0.29) is 17.5 Å². The average Bonchev–Trinajstić information content (AvgIpc) is 3.15. The van der Waals surface area contributed by atoms with E-state index in [0.29, 0.717) is 24.7 Å². The number of nitrogens with zero attached hydrogens (tertiary/aromatic N) is 4. The van der Waals surface area contributed by atoms with Gasteiger partial charge >= 0.3 is 0 Å². The molecule has 2 aromatic heterocycles. The number of rotatable bonds is 8. The van der Waals surface area contributed by atoms with Crippen molar-refractivity contribution in [3.63, 3.8) is 0 Å². The number of methoxy groups -OCH3 is 1. The third-order valence-corrected chi connectivity index (χ3v) is 4.12. The lowest BCUT2D eigenvalue weighted by molar-refractivity contribution is 0.183. The van der Waals surface area contributed by atoms with Crippen molar-refractivity contribution in [3.05, 3.63) is 48.3 Å². The summed E-state index contributed by atoms with van der Waals surface area (Å²) in [6.45, 7) is 5.07. The fraction of sp³-hybridized carbons (Fsp3) is 0.286. The molecule has 0 aliphatic heterocycles. The number of nitrogens with two attached hydrogens (primary N) is 1. The van der Waals surface area contributed by atoms with Gasteiger partial charge in [0.05, 0.1) is 31.1 Å². The van der Waals surface area contributed by atoms with Gasteiger partial charge in [0.15, 0.2) is 0 Å². The topological polar surface area (TPSA) is 111 Å². The molecular weight excluding hydrogens is 368 g/mol. The molecule has 8 nitrogen and oxygen atoms in total. The Balaban J connectivity index is 1.77. The van der Waals surface area contributed by atoms with Crippen LogP contribution in [0.15, 0.2) is 42.7 Å². The number of aromatic nitrogens is 3. The first kappa shape index (κ1) is 20.2. The van der Waals surface area contributed by atoms with Gasteiger partial charge in [0.2, 0.25) is 5.88 Å². The van der Waals surface area contributed by atoms with E-state index < -0.39 is 0 Å². The molecule has 0 amide bonds. The summed E-state index contributed by atoms with van der Waals surface area (Å²) >= 11 is 0. The third kappa shape index (κ3) is 5.03. The standard InChI is InChI=1S/C21H24N6O2/c1-14(2)29-21-18(11-22)19(23)10-20(26-21)25-17-6-4-15(5-7-17)16-12-24-27(13-16)8-9-28-3/h4-7,10,12-14H,8-9H2,1-3H3,(H3,23,25,26). The molecule has 2 heterocycles. The van der Waals surface area contributed by atoms with E-state index in [9.17, 15) is 5.26 Å². The summed E-state index contributed by atoms with van der Waals surface area (Å²) in [5, 5.41) is 16.8. The molecule has 29 heavy (non-hydrogen) atoms. The van der Waals surface area contributed by atoms with Gasteiger partial charge in [-0.1, -0.05) is 12.1 Å². The van der Waals surface area contributed by atoms with Crippen LogP contribution < -0.4 is 15.8 Å². The first-order valence-electron chi connectivity index (χ1n) is 9.26. The zero-order valence-corrected chi connectivity index (χ0v) is 16.7. The summed E-state index contributed by atoms with van der Waals surface area (Å²) in [5.41, 5.74) is 9.48. The van der Waals surface area contributed by atoms with Crippen molar-refractivity contribution in [2.75, 3.05) is 24.8 Å². The second kappa shape index (κ2) is 9.08. The fourth-order valence-corrected chi connectivity index (χ4v) is 2.74. The third-order valence-electron chi connectivity index (χ3n) is 4.12. The first-order valence-corrected chi connectivity index (χ1v) is 9.26. The van der Waals surface area contributed by atoms with Gasteiger partial charge in [0, 0.05) is 30.6 Å². The van der Waals surface area contributed by atoms with E-state index in [1.165, 1.54) is 0 Å². The molecule has 3 N–H and O–H groups in total. The van der Waals surface area contributed by atoms with E-state index in [1.807, 2.05) is 61.3 Å². The highest BCUT2D eigenvalue weighted by Crippen LogP contribution is 2.28. The zero-order chi connectivity index (χ0) is 20.8. The van der Waals surface area contributed by atoms with E-state index in [4.69, 9.17) is 15.2 Å². The molecule has 0 atom stereocenters.